The molecule has 4 heteroatoms. The molecular formula is C56H20O4. The maximum atomic E-state index is 12.7. The minimum Gasteiger partial charge on any atom is -0.457 e. The highest BCUT2D eigenvalue weighted by Gasteiger charge is 2.21. The van der Waals surface area contributed by atoms with E-state index in [1.807, 2.05) is 60.7 Å². The molecule has 2 aromatic carbocycles. The Morgan fingerprint density at radius 1 is 0.383 bits per heavy atom. The van der Waals surface area contributed by atoms with Crippen molar-refractivity contribution in [1.29, 1.82) is 0 Å². The fraction of sp³-hybridized carbons (Fsp3) is 0.0357. The van der Waals surface area contributed by atoms with Gasteiger partial charge in [0.1, 0.15) is 13.2 Å². The van der Waals surface area contributed by atoms with Crippen molar-refractivity contribution in [3.63, 3.8) is 0 Å². The molecule has 0 N–H and O–H groups in total. The highest BCUT2D eigenvalue weighted by atomic mass is 16.6. The Kier molecular flexibility index (Phi) is 25.6. The van der Waals surface area contributed by atoms with Gasteiger partial charge >= 0.3 is 11.9 Å². The first-order valence-electron chi connectivity index (χ1n) is 16.6. The van der Waals surface area contributed by atoms with E-state index in [9.17, 15) is 9.59 Å². The highest BCUT2D eigenvalue weighted by Crippen LogP contribution is 2.05. The van der Waals surface area contributed by atoms with Crippen LogP contribution < -0.4 is 0 Å². The Hall–Kier alpha value is -10.9. The largest absolute Gasteiger partial charge is 0.457 e. The lowest BCUT2D eigenvalue weighted by atomic mass is 10.2. The van der Waals surface area contributed by atoms with Gasteiger partial charge in [-0.25, -0.2) is 9.59 Å². The van der Waals surface area contributed by atoms with Gasteiger partial charge in [-0.15, -0.1) is 0 Å². The van der Waals surface area contributed by atoms with E-state index in [0.29, 0.717) is 0 Å². The summed E-state index contributed by atoms with van der Waals surface area (Å²) in [7, 11) is 0. The van der Waals surface area contributed by atoms with Crippen LogP contribution in [0.2, 0.25) is 0 Å². The molecule has 0 amide bonds. The first-order chi connectivity index (χ1) is 29.7. The molecule has 2 aromatic rings. The number of esters is 2. The lowest BCUT2D eigenvalue weighted by Crippen LogP contribution is -2.18. The summed E-state index contributed by atoms with van der Waals surface area (Å²) >= 11 is 0. The monoisotopic (exact) mass is 756 g/mol. The van der Waals surface area contributed by atoms with Gasteiger partial charge < -0.3 is 9.47 Å². The Morgan fingerprint density at radius 2 is 0.633 bits per heavy atom. The zero-order valence-corrected chi connectivity index (χ0v) is 31.3. The minimum absolute atomic E-state index is 0.0868. The van der Waals surface area contributed by atoms with Crippen molar-refractivity contribution < 1.29 is 19.1 Å². The molecule has 0 saturated heterocycles. The number of benzene rings is 2. The Balaban J connectivity index is 2.29. The normalized spacial score (nSPS) is 6.93. The summed E-state index contributed by atoms with van der Waals surface area (Å²) in [5, 5.41) is 0. The third-order valence-electron chi connectivity index (χ3n) is 5.46. The number of carbonyl (C=O) groups is 2. The Bertz CT molecular complexity index is 3390. The fourth-order valence-electron chi connectivity index (χ4n) is 3.15. The summed E-state index contributed by atoms with van der Waals surface area (Å²) in [5.41, 5.74) is 85.6. The minimum atomic E-state index is -0.951. The SMILES string of the molecule is C=C=C=C=C=C=C=C=C=C=C=C=C=C=C=C=C=C=C=C=C=C=C=C=C=C=C=C=C=C=C=C=C=C=C=C(C(=O)OCC=Cc1ccccc1)C(=O)OCC=Cc1ccccc1. The second kappa shape index (κ2) is 33.9. The molecule has 0 bridgehead atoms. The van der Waals surface area contributed by atoms with Gasteiger partial charge in [-0.3, -0.25) is 0 Å². The smallest absolute Gasteiger partial charge is 0.354 e. The molecule has 4 nitrogen and oxygen atoms in total. The summed E-state index contributed by atoms with van der Waals surface area (Å²) < 4.78 is 10.4. The third-order valence-corrected chi connectivity index (χ3v) is 5.46. The van der Waals surface area contributed by atoms with Crippen LogP contribution in [-0.2, 0) is 19.1 Å². The summed E-state index contributed by atoms with van der Waals surface area (Å²) in [5.74, 6) is -1.90. The number of hydrogen-bond donors (Lipinski definition) is 0. The molecule has 0 spiro atoms. The van der Waals surface area contributed by atoms with E-state index in [4.69, 9.17) is 9.47 Å². The molecule has 0 atom stereocenters. The molecule has 0 aliphatic carbocycles. The van der Waals surface area contributed by atoms with Crippen LogP contribution in [0.25, 0.3) is 12.2 Å². The molecule has 0 aliphatic rings. The summed E-state index contributed by atoms with van der Waals surface area (Å²) in [6.45, 7) is 3.14. The van der Waals surface area contributed by atoms with Crippen LogP contribution in [0.3, 0.4) is 0 Å². The predicted molar refractivity (Wildman–Crippen MR) is 221 cm³/mol. The molecule has 0 heterocycles. The summed E-state index contributed by atoms with van der Waals surface area (Å²) in [6, 6.07) is 18.9. The van der Waals surface area contributed by atoms with Crippen LogP contribution in [0.4, 0.5) is 0 Å². The average molecular weight is 757 g/mol. The number of rotatable bonds is 8. The summed E-state index contributed by atoms with van der Waals surface area (Å²) in [4.78, 5) is 25.4. The fourth-order valence-corrected chi connectivity index (χ4v) is 3.15. The second-order valence-corrected chi connectivity index (χ2v) is 9.50. The van der Waals surface area contributed by atoms with E-state index in [1.54, 1.807) is 24.3 Å². The van der Waals surface area contributed by atoms with E-state index in [0.717, 1.165) is 11.1 Å². The van der Waals surface area contributed by atoms with E-state index in [2.05, 4.69) is 201 Å². The van der Waals surface area contributed by atoms with Gasteiger partial charge in [0.2, 0.25) is 0 Å². The van der Waals surface area contributed by atoms with Crippen LogP contribution in [0, 0.1) is 0 Å². The van der Waals surface area contributed by atoms with Crippen LogP contribution in [0.1, 0.15) is 11.1 Å². The van der Waals surface area contributed by atoms with Crippen molar-refractivity contribution in [1.82, 2.24) is 0 Å². The lowest BCUT2D eigenvalue weighted by Gasteiger charge is -2.04. The lowest BCUT2D eigenvalue weighted by molar-refractivity contribution is -0.145. The van der Waals surface area contributed by atoms with Gasteiger partial charge in [-0.2, -0.15) is 0 Å². The van der Waals surface area contributed by atoms with Crippen molar-refractivity contribution in [3.05, 3.63) is 291 Å². The van der Waals surface area contributed by atoms with Crippen LogP contribution in [-0.4, -0.2) is 25.2 Å². The predicted octanol–water partition coefficient (Wildman–Crippen LogP) is 9.33. The van der Waals surface area contributed by atoms with Crippen LogP contribution >= 0.6 is 0 Å². The number of carbonyl (C=O) groups excluding carboxylic acids is 2. The van der Waals surface area contributed by atoms with Gasteiger partial charge in [0.25, 0.3) is 0 Å². The molecule has 0 unspecified atom stereocenters. The molecular weight excluding hydrogens is 737 g/mol. The van der Waals surface area contributed by atoms with Crippen molar-refractivity contribution in [2.75, 3.05) is 13.2 Å². The summed E-state index contributed by atoms with van der Waals surface area (Å²) in [6.07, 6.45) is 6.83. The molecule has 0 fully saturated rings. The van der Waals surface area contributed by atoms with E-state index in [1.165, 1.54) is 0 Å². The molecule has 0 aliphatic heterocycles. The topological polar surface area (TPSA) is 52.6 Å². The maximum Gasteiger partial charge on any atom is 0.354 e. The average Bonchev–Trinajstić information content (AvgIpc) is 3.27. The van der Waals surface area contributed by atoms with Gasteiger partial charge in [0.05, 0.1) is 0 Å². The number of ether oxygens (including phenoxy) is 2. The zero-order valence-electron chi connectivity index (χ0n) is 31.3. The van der Waals surface area contributed by atoms with Gasteiger partial charge in [0, 0.05) is 91.7 Å². The first kappa shape index (κ1) is 45.3. The van der Waals surface area contributed by atoms with Gasteiger partial charge in [-0.1, -0.05) is 78.5 Å². The molecule has 0 saturated carbocycles. The van der Waals surface area contributed by atoms with E-state index >= 15 is 0 Å². The highest BCUT2D eigenvalue weighted by molar-refractivity contribution is 6.13. The third kappa shape index (κ3) is 26.0. The van der Waals surface area contributed by atoms with Crippen LogP contribution in [0.5, 0.6) is 0 Å². The molecule has 0 radical (unpaired) electrons. The van der Waals surface area contributed by atoms with E-state index < -0.39 is 17.5 Å². The van der Waals surface area contributed by atoms with Crippen LogP contribution in [0.15, 0.2) is 280 Å². The van der Waals surface area contributed by atoms with Crippen molar-refractivity contribution in [2.24, 2.45) is 0 Å². The Labute approximate surface area is 346 Å². The molecule has 268 valence electrons. The first-order valence-corrected chi connectivity index (χ1v) is 16.6. The van der Waals surface area contributed by atoms with Crippen molar-refractivity contribution in [2.45, 2.75) is 0 Å². The Morgan fingerprint density at radius 3 is 0.900 bits per heavy atom. The zero-order chi connectivity index (χ0) is 42.7. The van der Waals surface area contributed by atoms with E-state index in [-0.39, 0.29) is 13.2 Å². The maximum absolute atomic E-state index is 12.7. The van der Waals surface area contributed by atoms with Gasteiger partial charge in [0.15, 0.2) is 5.57 Å². The quantitative estimate of drug-likeness (QED) is 0.0887. The van der Waals surface area contributed by atoms with Crippen molar-refractivity contribution >= 4 is 24.1 Å². The molecule has 2 rings (SSSR count). The molecule has 60 heavy (non-hydrogen) atoms. The molecule has 0 aromatic heterocycles. The number of hydrogen-bond acceptors (Lipinski definition) is 4. The van der Waals surface area contributed by atoms with Gasteiger partial charge in [-0.05, 0) is 127 Å². The standard InChI is InChI=1S/C56H20O4/c1-2-3-4-5-6-7-8-9-10-11-12-13-14-15-16-17-18-19-20-21-22-23-24-25-26-27-28-29-30-31-32-33-40-49-54(55(57)59-50-41-47-52-43-36-34-37-44-52)56(58)60-51-42-48-53-45-38-35-39-46-53/h34-39,41-48H,1,50-51H2. The van der Waals surface area contributed by atoms with Crippen molar-refractivity contribution in [3.8, 4) is 0 Å². The second-order valence-electron chi connectivity index (χ2n) is 9.50.